The number of rotatable bonds is 5. The van der Waals surface area contributed by atoms with Gasteiger partial charge in [0.1, 0.15) is 19.2 Å². The van der Waals surface area contributed by atoms with E-state index < -0.39 is 5.97 Å². The first-order chi connectivity index (χ1) is 12.2. The minimum Gasteiger partial charge on any atom is -0.480 e. The number of hydrogen-bond donors (Lipinski definition) is 1. The summed E-state index contributed by atoms with van der Waals surface area (Å²) in [5, 5.41) is 21.3. The van der Waals surface area contributed by atoms with E-state index in [-0.39, 0.29) is 12.5 Å². The third kappa shape index (κ3) is 3.01. The molecule has 3 aromatic rings. The van der Waals surface area contributed by atoms with Crippen molar-refractivity contribution in [2.75, 3.05) is 13.2 Å². The number of benzene rings is 1. The second-order valence-corrected chi connectivity index (χ2v) is 5.79. The molecule has 1 aliphatic heterocycles. The number of carboxylic acid groups (broad SMARTS) is 1. The minimum atomic E-state index is -0.970. The van der Waals surface area contributed by atoms with Gasteiger partial charge in [0.2, 0.25) is 0 Å². The van der Waals surface area contributed by atoms with Crippen LogP contribution in [0, 0.1) is 0 Å². The predicted molar refractivity (Wildman–Crippen MR) is 86.2 cm³/mol. The number of para-hydroxylation sites is 1. The molecule has 2 aromatic heterocycles. The van der Waals surface area contributed by atoms with Crippen LogP contribution in [-0.4, -0.2) is 53.8 Å². The largest absolute Gasteiger partial charge is 0.480 e. The van der Waals surface area contributed by atoms with Gasteiger partial charge in [-0.3, -0.25) is 9.36 Å². The van der Waals surface area contributed by atoms with Crippen molar-refractivity contribution in [3.8, 4) is 17.1 Å². The summed E-state index contributed by atoms with van der Waals surface area (Å²) in [4.78, 5) is 15.9. The van der Waals surface area contributed by atoms with E-state index in [1.165, 1.54) is 4.68 Å². The second kappa shape index (κ2) is 6.44. The fourth-order valence-electron chi connectivity index (χ4n) is 2.92. The maximum atomic E-state index is 11.3. The molecule has 0 radical (unpaired) electrons. The molecular weight excluding hydrogens is 324 g/mol. The number of carbonyl (C=O) groups is 1. The van der Waals surface area contributed by atoms with Gasteiger partial charge in [0, 0.05) is 18.1 Å². The first-order valence-electron chi connectivity index (χ1n) is 7.91. The lowest BCUT2D eigenvalue weighted by Gasteiger charge is -2.09. The van der Waals surface area contributed by atoms with Gasteiger partial charge < -0.3 is 9.84 Å². The van der Waals surface area contributed by atoms with Crippen molar-refractivity contribution in [2.45, 2.75) is 18.9 Å². The first kappa shape index (κ1) is 15.5. The molecule has 25 heavy (non-hydrogen) atoms. The average molecular weight is 340 g/mol. The van der Waals surface area contributed by atoms with E-state index in [0.717, 1.165) is 17.7 Å². The highest BCUT2D eigenvalue weighted by molar-refractivity contribution is 5.71. The van der Waals surface area contributed by atoms with Gasteiger partial charge in [0.05, 0.1) is 12.3 Å². The topological polar surface area (TPSA) is 108 Å². The highest BCUT2D eigenvalue weighted by atomic mass is 16.5. The molecule has 3 heterocycles. The zero-order valence-corrected chi connectivity index (χ0v) is 13.3. The molecule has 1 fully saturated rings. The van der Waals surface area contributed by atoms with Crippen LogP contribution in [0.1, 0.15) is 18.2 Å². The van der Waals surface area contributed by atoms with E-state index in [1.54, 1.807) is 17.2 Å². The lowest BCUT2D eigenvalue weighted by molar-refractivity contribution is -0.137. The van der Waals surface area contributed by atoms with E-state index in [4.69, 9.17) is 4.74 Å². The predicted octanol–water partition coefficient (Wildman–Crippen LogP) is 1.11. The Labute approximate surface area is 142 Å². The molecule has 1 N–H and O–H groups in total. The maximum absolute atomic E-state index is 11.3. The summed E-state index contributed by atoms with van der Waals surface area (Å²) in [6.07, 6.45) is 4.01. The number of hydrogen-bond acceptors (Lipinski definition) is 6. The van der Waals surface area contributed by atoms with E-state index in [1.807, 2.05) is 24.3 Å². The number of nitrogens with zero attached hydrogens (tertiary/aromatic N) is 6. The Morgan fingerprint density at radius 1 is 1.28 bits per heavy atom. The molecule has 9 nitrogen and oxygen atoms in total. The summed E-state index contributed by atoms with van der Waals surface area (Å²) in [7, 11) is 0. The lowest BCUT2D eigenvalue weighted by Crippen LogP contribution is -2.12. The lowest BCUT2D eigenvalue weighted by atomic mass is 10.1. The van der Waals surface area contributed by atoms with Crippen LogP contribution in [0.2, 0.25) is 0 Å². The molecule has 0 saturated carbocycles. The van der Waals surface area contributed by atoms with Gasteiger partial charge in [-0.15, -0.1) is 10.2 Å². The number of aliphatic carboxylic acids is 1. The molecular formula is C16H16N6O3. The summed E-state index contributed by atoms with van der Waals surface area (Å²) in [5.74, 6) is 0.249. The quantitative estimate of drug-likeness (QED) is 0.741. The summed E-state index contributed by atoms with van der Waals surface area (Å²) in [5.41, 5.74) is 1.57. The van der Waals surface area contributed by atoms with Crippen LogP contribution in [0.3, 0.4) is 0 Å². The number of ether oxygens (including phenoxy) is 1. The summed E-state index contributed by atoms with van der Waals surface area (Å²) in [6.45, 7) is 0.973. The summed E-state index contributed by atoms with van der Waals surface area (Å²) >= 11 is 0. The standard InChI is InChI=1S/C16H16N6O3/c23-14(24)7-22-16(19-15(20-22)11-5-6-25-8-11)12-3-1-2-4-13(12)21-9-17-18-10-21/h1-4,9-11H,5-8H2,(H,23,24)/t11-/m1/s1. The molecule has 1 saturated heterocycles. The van der Waals surface area contributed by atoms with Crippen molar-refractivity contribution in [1.29, 1.82) is 0 Å². The Morgan fingerprint density at radius 3 is 2.80 bits per heavy atom. The summed E-state index contributed by atoms with van der Waals surface area (Å²) < 4.78 is 8.59. The van der Waals surface area contributed by atoms with Gasteiger partial charge in [0.25, 0.3) is 0 Å². The highest BCUT2D eigenvalue weighted by Crippen LogP contribution is 2.29. The molecule has 0 bridgehead atoms. The van der Waals surface area contributed by atoms with E-state index in [0.29, 0.717) is 24.9 Å². The molecule has 4 rings (SSSR count). The Balaban J connectivity index is 1.83. The number of carboxylic acids is 1. The minimum absolute atomic E-state index is 0.0934. The number of aromatic nitrogens is 6. The molecule has 0 aliphatic carbocycles. The molecule has 0 spiro atoms. The highest BCUT2D eigenvalue weighted by Gasteiger charge is 2.25. The van der Waals surface area contributed by atoms with Crippen molar-refractivity contribution >= 4 is 5.97 Å². The zero-order valence-electron chi connectivity index (χ0n) is 13.3. The Bertz CT molecular complexity index is 883. The van der Waals surface area contributed by atoms with Gasteiger partial charge >= 0.3 is 5.97 Å². The van der Waals surface area contributed by atoms with Crippen LogP contribution in [-0.2, 0) is 16.1 Å². The molecule has 128 valence electrons. The molecule has 0 amide bonds. The van der Waals surface area contributed by atoms with E-state index in [2.05, 4.69) is 20.3 Å². The smallest absolute Gasteiger partial charge is 0.325 e. The third-order valence-electron chi connectivity index (χ3n) is 4.11. The van der Waals surface area contributed by atoms with Crippen molar-refractivity contribution in [2.24, 2.45) is 0 Å². The van der Waals surface area contributed by atoms with Gasteiger partial charge in [-0.25, -0.2) is 9.67 Å². The molecule has 1 atom stereocenters. The normalized spacial score (nSPS) is 17.0. The fraction of sp³-hybridized carbons (Fsp3) is 0.312. The molecule has 1 aliphatic rings. The van der Waals surface area contributed by atoms with Crippen LogP contribution in [0.15, 0.2) is 36.9 Å². The van der Waals surface area contributed by atoms with Crippen molar-refractivity contribution in [3.63, 3.8) is 0 Å². The SMILES string of the molecule is O=C(O)Cn1nc([C@@H]2CCOC2)nc1-c1ccccc1-n1cnnc1. The van der Waals surface area contributed by atoms with Crippen LogP contribution in [0.5, 0.6) is 0 Å². The van der Waals surface area contributed by atoms with Gasteiger partial charge in [0.15, 0.2) is 11.6 Å². The van der Waals surface area contributed by atoms with Gasteiger partial charge in [-0.05, 0) is 18.6 Å². The van der Waals surface area contributed by atoms with Crippen molar-refractivity contribution in [3.05, 3.63) is 42.7 Å². The van der Waals surface area contributed by atoms with Crippen LogP contribution < -0.4 is 0 Å². The Kier molecular flexibility index (Phi) is 3.98. The fourth-order valence-corrected chi connectivity index (χ4v) is 2.92. The van der Waals surface area contributed by atoms with Crippen LogP contribution in [0.4, 0.5) is 0 Å². The average Bonchev–Trinajstić information content (AvgIpc) is 3.35. The van der Waals surface area contributed by atoms with Gasteiger partial charge in [-0.2, -0.15) is 5.10 Å². The third-order valence-corrected chi connectivity index (χ3v) is 4.11. The summed E-state index contributed by atoms with van der Waals surface area (Å²) in [6, 6.07) is 7.55. The van der Waals surface area contributed by atoms with Crippen LogP contribution >= 0.6 is 0 Å². The monoisotopic (exact) mass is 340 g/mol. The zero-order chi connectivity index (χ0) is 17.2. The van der Waals surface area contributed by atoms with E-state index in [9.17, 15) is 9.90 Å². The second-order valence-electron chi connectivity index (χ2n) is 5.79. The molecule has 1 aromatic carbocycles. The van der Waals surface area contributed by atoms with Crippen molar-refractivity contribution in [1.82, 2.24) is 29.5 Å². The molecule has 9 heteroatoms. The first-order valence-corrected chi connectivity index (χ1v) is 7.91. The van der Waals surface area contributed by atoms with Crippen LogP contribution in [0.25, 0.3) is 17.1 Å². The Hall–Kier alpha value is -3.07. The maximum Gasteiger partial charge on any atom is 0.325 e. The van der Waals surface area contributed by atoms with E-state index >= 15 is 0 Å². The Morgan fingerprint density at radius 2 is 2.08 bits per heavy atom. The molecule has 0 unspecified atom stereocenters. The van der Waals surface area contributed by atoms with Gasteiger partial charge in [-0.1, -0.05) is 12.1 Å². The van der Waals surface area contributed by atoms with Crippen molar-refractivity contribution < 1.29 is 14.6 Å².